The molecule has 2 rings (SSSR count). The fourth-order valence-electron chi connectivity index (χ4n) is 1.45. The van der Waals surface area contributed by atoms with Crippen molar-refractivity contribution in [2.24, 2.45) is 0 Å². The maximum Gasteiger partial charge on any atom is 0.146 e. The van der Waals surface area contributed by atoms with E-state index in [2.05, 4.69) is 0 Å². The zero-order valence-electron chi connectivity index (χ0n) is 9.36. The number of phenolic OH excluding ortho intramolecular Hbond substituents is 1. The summed E-state index contributed by atoms with van der Waals surface area (Å²) in [5.74, 6) is -0.141. The Kier molecular flexibility index (Phi) is 3.58. The van der Waals surface area contributed by atoms with Crippen LogP contribution in [0.4, 0.5) is 10.1 Å². The van der Waals surface area contributed by atoms with E-state index in [-0.39, 0.29) is 23.1 Å². The van der Waals surface area contributed by atoms with Crippen LogP contribution in [-0.4, -0.2) is 5.11 Å². The minimum atomic E-state index is -0.475. The quantitative estimate of drug-likeness (QED) is 0.662. The number of anilines is 1. The predicted molar refractivity (Wildman–Crippen MR) is 68.3 cm³/mol. The van der Waals surface area contributed by atoms with E-state index in [9.17, 15) is 9.50 Å². The molecule has 3 nitrogen and oxygen atoms in total. The highest BCUT2D eigenvalue weighted by molar-refractivity contribution is 6.30. The molecule has 0 heterocycles. The van der Waals surface area contributed by atoms with Crippen LogP contribution in [-0.2, 0) is 6.61 Å². The first-order chi connectivity index (χ1) is 8.58. The molecule has 0 spiro atoms. The van der Waals surface area contributed by atoms with Crippen molar-refractivity contribution in [2.45, 2.75) is 6.61 Å². The molecule has 0 saturated carbocycles. The van der Waals surface area contributed by atoms with E-state index in [1.54, 1.807) is 18.2 Å². The molecule has 2 aromatic rings. The van der Waals surface area contributed by atoms with Gasteiger partial charge in [-0.25, -0.2) is 4.39 Å². The van der Waals surface area contributed by atoms with Gasteiger partial charge in [0.25, 0.3) is 0 Å². The smallest absolute Gasteiger partial charge is 0.146 e. The Morgan fingerprint density at radius 3 is 2.78 bits per heavy atom. The molecular weight excluding hydrogens is 257 g/mol. The van der Waals surface area contributed by atoms with Crippen LogP contribution in [0.2, 0.25) is 5.02 Å². The second-order valence-electron chi connectivity index (χ2n) is 3.73. The molecule has 0 saturated heterocycles. The van der Waals surface area contributed by atoms with Crippen molar-refractivity contribution in [1.29, 1.82) is 0 Å². The zero-order valence-corrected chi connectivity index (χ0v) is 10.1. The molecule has 0 unspecified atom stereocenters. The number of ether oxygens (including phenoxy) is 1. The van der Waals surface area contributed by atoms with Gasteiger partial charge in [-0.3, -0.25) is 0 Å². The Hall–Kier alpha value is -1.94. The number of aromatic hydroxyl groups is 1. The first-order valence-corrected chi connectivity index (χ1v) is 5.60. The molecule has 0 amide bonds. The summed E-state index contributed by atoms with van der Waals surface area (Å²) in [5, 5.41) is 9.44. The number of benzene rings is 2. The Bertz CT molecular complexity index is 575. The highest BCUT2D eigenvalue weighted by atomic mass is 35.5. The Labute approximate surface area is 109 Å². The molecule has 18 heavy (non-hydrogen) atoms. The van der Waals surface area contributed by atoms with Gasteiger partial charge in [-0.05, 0) is 29.8 Å². The van der Waals surface area contributed by atoms with E-state index >= 15 is 0 Å². The minimum Gasteiger partial charge on any atom is -0.506 e. The van der Waals surface area contributed by atoms with Crippen molar-refractivity contribution >= 4 is 17.3 Å². The predicted octanol–water partition coefficient (Wildman–Crippen LogP) is 3.35. The van der Waals surface area contributed by atoms with Gasteiger partial charge in [0.1, 0.15) is 29.6 Å². The van der Waals surface area contributed by atoms with Crippen LogP contribution in [0, 0.1) is 5.82 Å². The largest absolute Gasteiger partial charge is 0.506 e. The SMILES string of the molecule is Nc1c(O)cccc1OCc1ccc(F)c(Cl)c1. The van der Waals surface area contributed by atoms with Gasteiger partial charge in [-0.2, -0.15) is 0 Å². The van der Waals surface area contributed by atoms with Crippen LogP contribution in [0.25, 0.3) is 0 Å². The number of rotatable bonds is 3. The third-order valence-corrected chi connectivity index (χ3v) is 2.71. The molecule has 0 aliphatic heterocycles. The fraction of sp³-hybridized carbons (Fsp3) is 0.0769. The summed E-state index contributed by atoms with van der Waals surface area (Å²) in [7, 11) is 0. The van der Waals surface area contributed by atoms with E-state index < -0.39 is 5.82 Å². The summed E-state index contributed by atoms with van der Waals surface area (Å²) in [6.45, 7) is 0.188. The topological polar surface area (TPSA) is 55.5 Å². The number of hydrogen-bond acceptors (Lipinski definition) is 3. The number of nitrogen functional groups attached to an aromatic ring is 1. The maximum atomic E-state index is 13.0. The third kappa shape index (κ3) is 2.65. The van der Waals surface area contributed by atoms with Crippen LogP contribution in [0.1, 0.15) is 5.56 Å². The fourth-order valence-corrected chi connectivity index (χ4v) is 1.65. The Morgan fingerprint density at radius 1 is 1.28 bits per heavy atom. The Morgan fingerprint density at radius 2 is 2.06 bits per heavy atom. The average Bonchev–Trinajstić information content (AvgIpc) is 2.35. The molecule has 0 radical (unpaired) electrons. The lowest BCUT2D eigenvalue weighted by atomic mass is 10.2. The van der Waals surface area contributed by atoms with Crippen molar-refractivity contribution in [3.63, 3.8) is 0 Å². The minimum absolute atomic E-state index is 0.0374. The number of nitrogens with two attached hydrogens (primary N) is 1. The van der Waals surface area contributed by atoms with E-state index in [4.69, 9.17) is 22.1 Å². The summed E-state index contributed by atoms with van der Waals surface area (Å²) >= 11 is 5.66. The van der Waals surface area contributed by atoms with Gasteiger partial charge in [-0.1, -0.05) is 23.7 Å². The summed E-state index contributed by atoms with van der Waals surface area (Å²) in [5.41, 5.74) is 6.52. The first kappa shape index (κ1) is 12.5. The maximum absolute atomic E-state index is 13.0. The number of halogens is 2. The highest BCUT2D eigenvalue weighted by Gasteiger charge is 2.06. The zero-order chi connectivity index (χ0) is 13.1. The van der Waals surface area contributed by atoms with Crippen molar-refractivity contribution in [1.82, 2.24) is 0 Å². The lowest BCUT2D eigenvalue weighted by molar-refractivity contribution is 0.306. The molecule has 94 valence electrons. The molecule has 0 atom stereocenters. The normalized spacial score (nSPS) is 10.3. The van der Waals surface area contributed by atoms with Gasteiger partial charge in [0, 0.05) is 0 Å². The first-order valence-electron chi connectivity index (χ1n) is 5.22. The second kappa shape index (κ2) is 5.14. The number of hydrogen-bond donors (Lipinski definition) is 2. The van der Waals surface area contributed by atoms with E-state index in [1.165, 1.54) is 18.2 Å². The molecular formula is C13H11ClFNO2. The standard InChI is InChI=1S/C13H11ClFNO2/c14-9-6-8(4-5-10(9)15)7-18-12-3-1-2-11(17)13(12)16/h1-6,17H,7,16H2. The monoisotopic (exact) mass is 267 g/mol. The van der Waals surface area contributed by atoms with Crippen molar-refractivity contribution in [3.05, 3.63) is 52.8 Å². The summed E-state index contributed by atoms with van der Waals surface area (Å²) < 4.78 is 18.4. The molecule has 0 aliphatic rings. The molecule has 2 aromatic carbocycles. The van der Waals surface area contributed by atoms with E-state index in [1.807, 2.05) is 0 Å². The van der Waals surface area contributed by atoms with Gasteiger partial charge in [-0.15, -0.1) is 0 Å². The lowest BCUT2D eigenvalue weighted by Crippen LogP contribution is -1.99. The second-order valence-corrected chi connectivity index (χ2v) is 4.13. The highest BCUT2D eigenvalue weighted by Crippen LogP contribution is 2.30. The van der Waals surface area contributed by atoms with Crippen LogP contribution >= 0.6 is 11.6 Å². The van der Waals surface area contributed by atoms with Crippen LogP contribution < -0.4 is 10.5 Å². The van der Waals surface area contributed by atoms with Gasteiger partial charge >= 0.3 is 0 Å². The van der Waals surface area contributed by atoms with Crippen molar-refractivity contribution in [3.8, 4) is 11.5 Å². The molecule has 0 aliphatic carbocycles. The molecule has 0 fully saturated rings. The van der Waals surface area contributed by atoms with E-state index in [0.717, 1.165) is 0 Å². The summed E-state index contributed by atoms with van der Waals surface area (Å²) in [4.78, 5) is 0. The third-order valence-electron chi connectivity index (χ3n) is 2.42. The van der Waals surface area contributed by atoms with Gasteiger partial charge in [0.05, 0.1) is 5.02 Å². The van der Waals surface area contributed by atoms with Gasteiger partial charge < -0.3 is 15.6 Å². The molecule has 3 N–H and O–H groups in total. The van der Waals surface area contributed by atoms with Gasteiger partial charge in [0.2, 0.25) is 0 Å². The Balaban J connectivity index is 2.11. The average molecular weight is 268 g/mol. The number of phenols is 1. The molecule has 0 aromatic heterocycles. The van der Waals surface area contributed by atoms with E-state index in [0.29, 0.717) is 11.3 Å². The van der Waals surface area contributed by atoms with Crippen molar-refractivity contribution < 1.29 is 14.2 Å². The molecule has 0 bridgehead atoms. The molecule has 5 heteroatoms. The summed E-state index contributed by atoms with van der Waals surface area (Å²) in [6.07, 6.45) is 0. The summed E-state index contributed by atoms with van der Waals surface area (Å²) in [6, 6.07) is 9.05. The lowest BCUT2D eigenvalue weighted by Gasteiger charge is -2.10. The number of para-hydroxylation sites is 1. The van der Waals surface area contributed by atoms with Crippen LogP contribution in [0.5, 0.6) is 11.5 Å². The van der Waals surface area contributed by atoms with Crippen molar-refractivity contribution in [2.75, 3.05) is 5.73 Å². The van der Waals surface area contributed by atoms with Crippen LogP contribution in [0.15, 0.2) is 36.4 Å². The van der Waals surface area contributed by atoms with Gasteiger partial charge in [0.15, 0.2) is 0 Å². The van der Waals surface area contributed by atoms with Crippen LogP contribution in [0.3, 0.4) is 0 Å².